The van der Waals surface area contributed by atoms with E-state index in [1.54, 1.807) is 0 Å². The maximum Gasteiger partial charge on any atom is 0.335 e. The van der Waals surface area contributed by atoms with E-state index in [9.17, 15) is 18.0 Å². The van der Waals surface area contributed by atoms with Crippen LogP contribution in [0.5, 0.6) is 0 Å². The number of rotatable bonds is 7. The van der Waals surface area contributed by atoms with E-state index in [4.69, 9.17) is 5.11 Å². The first-order valence-corrected chi connectivity index (χ1v) is 8.10. The van der Waals surface area contributed by atoms with Crippen molar-refractivity contribution in [1.82, 2.24) is 4.72 Å². The van der Waals surface area contributed by atoms with Gasteiger partial charge < -0.3 is 9.84 Å². The maximum atomic E-state index is 12.0. The Hall–Kier alpha value is -1.93. The predicted molar refractivity (Wildman–Crippen MR) is 79.8 cm³/mol. The number of carboxylic acid groups (broad SMARTS) is 1. The first-order valence-electron chi connectivity index (χ1n) is 6.45. The van der Waals surface area contributed by atoms with Crippen LogP contribution in [0.2, 0.25) is 0 Å². The lowest BCUT2D eigenvalue weighted by Crippen LogP contribution is -2.38. The Morgan fingerprint density at radius 2 is 1.77 bits per heavy atom. The van der Waals surface area contributed by atoms with Gasteiger partial charge in [-0.25, -0.2) is 17.9 Å². The molecule has 8 heteroatoms. The zero-order valence-electron chi connectivity index (χ0n) is 12.6. The topological polar surface area (TPSA) is 110 Å². The number of carboxylic acids is 1. The highest BCUT2D eigenvalue weighted by molar-refractivity contribution is 7.89. The smallest absolute Gasteiger partial charge is 0.335 e. The molecule has 0 radical (unpaired) electrons. The van der Waals surface area contributed by atoms with E-state index in [-0.39, 0.29) is 12.1 Å². The van der Waals surface area contributed by atoms with E-state index in [2.05, 4.69) is 9.46 Å². The molecule has 0 fully saturated rings. The van der Waals surface area contributed by atoms with Gasteiger partial charge in [-0.1, -0.05) is 12.1 Å². The number of benzene rings is 1. The van der Waals surface area contributed by atoms with Crippen LogP contribution in [0.15, 0.2) is 24.3 Å². The van der Waals surface area contributed by atoms with Gasteiger partial charge in [-0.05, 0) is 31.5 Å². The lowest BCUT2D eigenvalue weighted by molar-refractivity contribution is -0.149. The third-order valence-corrected chi connectivity index (χ3v) is 4.67. The van der Waals surface area contributed by atoms with Gasteiger partial charge in [0.15, 0.2) is 0 Å². The molecular weight excluding hydrogens is 310 g/mol. The molecule has 0 saturated heterocycles. The number of hydrogen-bond donors (Lipinski definition) is 2. The summed E-state index contributed by atoms with van der Waals surface area (Å²) >= 11 is 0. The molecule has 0 bridgehead atoms. The molecule has 7 nitrogen and oxygen atoms in total. The van der Waals surface area contributed by atoms with Gasteiger partial charge in [0.25, 0.3) is 0 Å². The highest BCUT2D eigenvalue weighted by Gasteiger charge is 2.34. The van der Waals surface area contributed by atoms with E-state index >= 15 is 0 Å². The summed E-state index contributed by atoms with van der Waals surface area (Å²) in [5.74, 6) is -2.06. The van der Waals surface area contributed by atoms with Crippen LogP contribution < -0.4 is 4.72 Å². The first kappa shape index (κ1) is 18.1. The Labute approximate surface area is 129 Å². The zero-order chi connectivity index (χ0) is 17.0. The molecule has 0 heterocycles. The molecule has 0 unspecified atom stereocenters. The lowest BCUT2D eigenvalue weighted by atomic mass is 9.97. The summed E-state index contributed by atoms with van der Waals surface area (Å²) in [7, 11) is -2.48. The van der Waals surface area contributed by atoms with E-state index in [1.165, 1.54) is 45.2 Å². The summed E-state index contributed by atoms with van der Waals surface area (Å²) < 4.78 is 31.0. The number of carbonyl (C=O) groups is 2. The third kappa shape index (κ3) is 5.12. The maximum absolute atomic E-state index is 12.0. The van der Waals surface area contributed by atoms with Crippen molar-refractivity contribution in [2.24, 2.45) is 5.41 Å². The second-order valence-electron chi connectivity index (χ2n) is 5.46. The standard InChI is InChI=1S/C14H19NO6S/c1-14(2,13(18)21-3)9-22(19,20)15-8-10-4-6-11(7-5-10)12(16)17/h4-7,15H,8-9H2,1-3H3,(H,16,17). The van der Waals surface area contributed by atoms with Crippen LogP contribution >= 0.6 is 0 Å². The predicted octanol–water partition coefficient (Wildman–Crippen LogP) is 1.00. The summed E-state index contributed by atoms with van der Waals surface area (Å²) in [5.41, 5.74) is -0.420. The van der Waals surface area contributed by atoms with Crippen LogP contribution in [0.3, 0.4) is 0 Å². The van der Waals surface area contributed by atoms with Gasteiger partial charge >= 0.3 is 11.9 Å². The van der Waals surface area contributed by atoms with Gasteiger partial charge in [0.05, 0.1) is 23.8 Å². The van der Waals surface area contributed by atoms with Crippen molar-refractivity contribution >= 4 is 22.0 Å². The van der Waals surface area contributed by atoms with Crippen LogP contribution in [-0.2, 0) is 26.1 Å². The molecule has 0 aliphatic carbocycles. The molecule has 1 aromatic rings. The number of carbonyl (C=O) groups excluding carboxylic acids is 1. The second-order valence-corrected chi connectivity index (χ2v) is 7.26. The van der Waals surface area contributed by atoms with Gasteiger partial charge in [0.2, 0.25) is 10.0 Å². The number of esters is 1. The molecule has 0 aliphatic heterocycles. The van der Waals surface area contributed by atoms with Crippen LogP contribution in [0.25, 0.3) is 0 Å². The van der Waals surface area contributed by atoms with Crippen molar-refractivity contribution in [2.75, 3.05) is 12.9 Å². The first-order chi connectivity index (χ1) is 10.1. The summed E-state index contributed by atoms with van der Waals surface area (Å²) in [4.78, 5) is 22.2. The molecule has 0 atom stereocenters. The molecule has 0 saturated carbocycles. The number of hydrogen-bond acceptors (Lipinski definition) is 5. The molecule has 1 rings (SSSR count). The Balaban J connectivity index is 2.70. The molecule has 0 aliphatic rings. The van der Waals surface area contributed by atoms with Gasteiger partial charge in [-0.15, -0.1) is 0 Å². The highest BCUT2D eigenvalue weighted by atomic mass is 32.2. The molecule has 0 spiro atoms. The summed E-state index contributed by atoms with van der Waals surface area (Å²) in [5, 5.41) is 8.78. The van der Waals surface area contributed by atoms with Crippen LogP contribution in [0, 0.1) is 5.41 Å². The van der Waals surface area contributed by atoms with Crippen LogP contribution in [0.4, 0.5) is 0 Å². The Morgan fingerprint density at radius 3 is 2.23 bits per heavy atom. The average Bonchev–Trinajstić information content (AvgIpc) is 2.43. The van der Waals surface area contributed by atoms with Gasteiger partial charge in [0, 0.05) is 6.54 Å². The van der Waals surface area contributed by atoms with E-state index in [0.29, 0.717) is 5.56 Å². The summed E-state index contributed by atoms with van der Waals surface area (Å²) in [6, 6.07) is 5.84. The van der Waals surface area contributed by atoms with E-state index in [1.807, 2.05) is 0 Å². The van der Waals surface area contributed by atoms with Crippen molar-refractivity contribution in [1.29, 1.82) is 0 Å². The third-order valence-electron chi connectivity index (χ3n) is 2.99. The molecule has 22 heavy (non-hydrogen) atoms. The van der Waals surface area contributed by atoms with E-state index < -0.39 is 33.1 Å². The molecule has 0 amide bonds. The van der Waals surface area contributed by atoms with E-state index in [0.717, 1.165) is 0 Å². The summed E-state index contributed by atoms with van der Waals surface area (Å²) in [6.45, 7) is 2.99. The van der Waals surface area contributed by atoms with Crippen molar-refractivity contribution in [2.45, 2.75) is 20.4 Å². The highest BCUT2D eigenvalue weighted by Crippen LogP contribution is 2.19. The van der Waals surface area contributed by atoms with Gasteiger partial charge in [-0.2, -0.15) is 0 Å². The number of aromatic carboxylic acids is 1. The Morgan fingerprint density at radius 1 is 1.23 bits per heavy atom. The molecule has 122 valence electrons. The zero-order valence-corrected chi connectivity index (χ0v) is 13.4. The van der Waals surface area contributed by atoms with Crippen molar-refractivity contribution in [3.05, 3.63) is 35.4 Å². The van der Waals surface area contributed by atoms with Crippen molar-refractivity contribution < 1.29 is 27.9 Å². The number of ether oxygens (including phenoxy) is 1. The quantitative estimate of drug-likeness (QED) is 0.722. The fourth-order valence-corrected chi connectivity index (χ4v) is 3.38. The minimum absolute atomic E-state index is 0.0134. The average molecular weight is 329 g/mol. The number of sulfonamides is 1. The molecule has 1 aromatic carbocycles. The second kappa shape index (κ2) is 6.89. The fraction of sp³-hybridized carbons (Fsp3) is 0.429. The van der Waals surface area contributed by atoms with Crippen LogP contribution in [0.1, 0.15) is 29.8 Å². The summed E-state index contributed by atoms with van der Waals surface area (Å²) in [6.07, 6.45) is 0. The molecular formula is C14H19NO6S. The van der Waals surface area contributed by atoms with Gasteiger partial charge in [0.1, 0.15) is 0 Å². The van der Waals surface area contributed by atoms with Crippen molar-refractivity contribution in [3.8, 4) is 0 Å². The largest absolute Gasteiger partial charge is 0.478 e. The normalized spacial score (nSPS) is 12.0. The molecule has 0 aromatic heterocycles. The number of nitrogens with one attached hydrogen (secondary N) is 1. The minimum Gasteiger partial charge on any atom is -0.478 e. The monoisotopic (exact) mass is 329 g/mol. The van der Waals surface area contributed by atoms with Crippen LogP contribution in [-0.4, -0.2) is 38.3 Å². The fourth-order valence-electron chi connectivity index (χ4n) is 1.82. The SMILES string of the molecule is COC(=O)C(C)(C)CS(=O)(=O)NCc1ccc(C(=O)O)cc1. The van der Waals surface area contributed by atoms with Gasteiger partial charge in [-0.3, -0.25) is 4.79 Å². The minimum atomic E-state index is -3.69. The Kier molecular flexibility index (Phi) is 5.67. The van der Waals surface area contributed by atoms with Crippen molar-refractivity contribution in [3.63, 3.8) is 0 Å². The molecule has 2 N–H and O–H groups in total. The number of methoxy groups -OCH3 is 1. The lowest BCUT2D eigenvalue weighted by Gasteiger charge is -2.21. The Bertz CT molecular complexity index is 648.